The summed E-state index contributed by atoms with van der Waals surface area (Å²) in [6.45, 7) is 0.238. The van der Waals surface area contributed by atoms with E-state index in [4.69, 9.17) is 0 Å². The predicted molar refractivity (Wildman–Crippen MR) is 85.8 cm³/mol. The first-order valence-corrected chi connectivity index (χ1v) is 7.68. The second kappa shape index (κ2) is 6.71. The van der Waals surface area contributed by atoms with Crippen LogP contribution < -0.4 is 0 Å². The lowest BCUT2D eigenvalue weighted by Crippen LogP contribution is -2.33. The highest BCUT2D eigenvalue weighted by Gasteiger charge is 2.40. The summed E-state index contributed by atoms with van der Waals surface area (Å²) in [5.74, 6) is -2.23. The molecule has 1 amide bonds. The number of carboxylic acids is 1. The second-order valence-electron chi connectivity index (χ2n) is 5.91. The molecule has 9 nitrogen and oxygen atoms in total. The standard InChI is InChI=1S/C16H16N4O5/c21-15(10-19-7-12(6-17-19)20(24)25)18-8-13(14(9-18)16(22)23)11-4-2-1-3-5-11/h1-7,13-14H,8-10H2,(H,22,23). The minimum atomic E-state index is -0.945. The zero-order valence-corrected chi connectivity index (χ0v) is 13.2. The zero-order valence-electron chi connectivity index (χ0n) is 13.2. The minimum Gasteiger partial charge on any atom is -0.481 e. The summed E-state index contributed by atoms with van der Waals surface area (Å²) in [7, 11) is 0. The molecular weight excluding hydrogens is 328 g/mol. The molecule has 2 heterocycles. The minimum absolute atomic E-state index is 0.108. The van der Waals surface area contributed by atoms with Gasteiger partial charge in [0.2, 0.25) is 5.91 Å². The summed E-state index contributed by atoms with van der Waals surface area (Å²) in [5, 5.41) is 23.9. The fourth-order valence-corrected chi connectivity index (χ4v) is 3.07. The smallest absolute Gasteiger partial charge is 0.308 e. The van der Waals surface area contributed by atoms with E-state index in [1.165, 1.54) is 15.8 Å². The number of nitro groups is 1. The van der Waals surface area contributed by atoms with Gasteiger partial charge in [-0.15, -0.1) is 0 Å². The molecule has 1 aromatic heterocycles. The van der Waals surface area contributed by atoms with Gasteiger partial charge in [-0.3, -0.25) is 24.4 Å². The number of carbonyl (C=O) groups is 2. The number of aromatic nitrogens is 2. The Balaban J connectivity index is 1.73. The summed E-state index contributed by atoms with van der Waals surface area (Å²) in [6, 6.07) is 9.22. The monoisotopic (exact) mass is 344 g/mol. The van der Waals surface area contributed by atoms with Gasteiger partial charge in [0.25, 0.3) is 0 Å². The van der Waals surface area contributed by atoms with Crippen LogP contribution in [-0.4, -0.2) is 49.7 Å². The Hall–Kier alpha value is -3.23. The number of hydrogen-bond acceptors (Lipinski definition) is 5. The van der Waals surface area contributed by atoms with Gasteiger partial charge in [0.15, 0.2) is 0 Å². The van der Waals surface area contributed by atoms with Crippen molar-refractivity contribution in [2.75, 3.05) is 13.1 Å². The first kappa shape index (κ1) is 16.6. The van der Waals surface area contributed by atoms with Crippen molar-refractivity contribution < 1.29 is 19.6 Å². The SMILES string of the molecule is O=C(O)C1CN(C(=O)Cn2cc([N+](=O)[O-])cn2)CC1c1ccccc1. The molecule has 1 saturated heterocycles. The molecule has 2 atom stereocenters. The number of carbonyl (C=O) groups excluding carboxylic acids is 1. The van der Waals surface area contributed by atoms with E-state index in [0.29, 0.717) is 6.54 Å². The molecule has 0 bridgehead atoms. The largest absolute Gasteiger partial charge is 0.481 e. The van der Waals surface area contributed by atoms with E-state index in [9.17, 15) is 24.8 Å². The molecule has 130 valence electrons. The number of amides is 1. The van der Waals surface area contributed by atoms with Crippen LogP contribution in [0.5, 0.6) is 0 Å². The van der Waals surface area contributed by atoms with E-state index in [2.05, 4.69) is 5.10 Å². The summed E-state index contributed by atoms with van der Waals surface area (Å²) in [6.07, 6.45) is 2.25. The number of nitrogens with zero attached hydrogens (tertiary/aromatic N) is 4. The van der Waals surface area contributed by atoms with Gasteiger partial charge in [0.1, 0.15) is 18.9 Å². The van der Waals surface area contributed by atoms with Gasteiger partial charge >= 0.3 is 11.7 Å². The molecule has 1 N–H and O–H groups in total. The van der Waals surface area contributed by atoms with Crippen LogP contribution in [0.3, 0.4) is 0 Å². The van der Waals surface area contributed by atoms with Crippen molar-refractivity contribution in [1.82, 2.24) is 14.7 Å². The van der Waals surface area contributed by atoms with Gasteiger partial charge in [0.05, 0.1) is 10.8 Å². The first-order valence-electron chi connectivity index (χ1n) is 7.68. The lowest BCUT2D eigenvalue weighted by atomic mass is 9.89. The molecular formula is C16H16N4O5. The third-order valence-corrected chi connectivity index (χ3v) is 4.35. The molecule has 9 heteroatoms. The number of benzene rings is 1. The van der Waals surface area contributed by atoms with E-state index < -0.39 is 16.8 Å². The molecule has 2 aromatic rings. The second-order valence-corrected chi connectivity index (χ2v) is 5.91. The molecule has 1 aliphatic heterocycles. The van der Waals surface area contributed by atoms with Crippen molar-refractivity contribution in [1.29, 1.82) is 0 Å². The van der Waals surface area contributed by atoms with Crippen LogP contribution in [0, 0.1) is 16.0 Å². The average Bonchev–Trinajstić information content (AvgIpc) is 3.22. The molecule has 0 saturated carbocycles. The fourth-order valence-electron chi connectivity index (χ4n) is 3.07. The highest BCUT2D eigenvalue weighted by molar-refractivity contribution is 5.79. The summed E-state index contributed by atoms with van der Waals surface area (Å²) in [4.78, 5) is 35.6. The van der Waals surface area contributed by atoms with Crippen molar-refractivity contribution in [2.24, 2.45) is 5.92 Å². The molecule has 1 fully saturated rings. The van der Waals surface area contributed by atoms with Crippen molar-refractivity contribution in [3.8, 4) is 0 Å². The highest BCUT2D eigenvalue weighted by atomic mass is 16.6. The third-order valence-electron chi connectivity index (χ3n) is 4.35. The number of carboxylic acid groups (broad SMARTS) is 1. The van der Waals surface area contributed by atoms with Crippen LogP contribution in [0.25, 0.3) is 0 Å². The molecule has 1 aromatic carbocycles. The van der Waals surface area contributed by atoms with Crippen molar-refractivity contribution in [3.05, 3.63) is 58.4 Å². The average molecular weight is 344 g/mol. The van der Waals surface area contributed by atoms with E-state index in [1.54, 1.807) is 0 Å². The Labute approximate surface area is 142 Å². The van der Waals surface area contributed by atoms with Crippen LogP contribution in [0.2, 0.25) is 0 Å². The maximum absolute atomic E-state index is 12.4. The van der Waals surface area contributed by atoms with Gasteiger partial charge in [0, 0.05) is 19.0 Å². The van der Waals surface area contributed by atoms with Crippen molar-refractivity contribution in [3.63, 3.8) is 0 Å². The van der Waals surface area contributed by atoms with Gasteiger partial charge in [-0.25, -0.2) is 0 Å². The van der Waals surface area contributed by atoms with Crippen LogP contribution >= 0.6 is 0 Å². The van der Waals surface area contributed by atoms with E-state index in [-0.39, 0.29) is 30.6 Å². The maximum atomic E-state index is 12.4. The molecule has 3 rings (SSSR count). The van der Waals surface area contributed by atoms with Crippen LogP contribution in [0.15, 0.2) is 42.7 Å². The normalized spacial score (nSPS) is 19.8. The van der Waals surface area contributed by atoms with Crippen molar-refractivity contribution in [2.45, 2.75) is 12.5 Å². The highest BCUT2D eigenvalue weighted by Crippen LogP contribution is 2.33. The van der Waals surface area contributed by atoms with E-state index in [0.717, 1.165) is 11.8 Å². The van der Waals surface area contributed by atoms with Crippen LogP contribution in [-0.2, 0) is 16.1 Å². The number of rotatable bonds is 5. The van der Waals surface area contributed by atoms with Gasteiger partial charge in [-0.1, -0.05) is 30.3 Å². The number of hydrogen-bond donors (Lipinski definition) is 1. The number of aliphatic carboxylic acids is 1. The van der Waals surface area contributed by atoms with Gasteiger partial charge < -0.3 is 10.0 Å². The van der Waals surface area contributed by atoms with Crippen LogP contribution in [0.4, 0.5) is 5.69 Å². The topological polar surface area (TPSA) is 119 Å². The van der Waals surface area contributed by atoms with Crippen molar-refractivity contribution >= 4 is 17.6 Å². The molecule has 1 aliphatic rings. The number of likely N-dealkylation sites (tertiary alicyclic amines) is 1. The molecule has 25 heavy (non-hydrogen) atoms. The molecule has 0 spiro atoms. The quantitative estimate of drug-likeness (QED) is 0.641. The summed E-state index contributed by atoms with van der Waals surface area (Å²) < 4.78 is 1.19. The Morgan fingerprint density at radius 1 is 1.28 bits per heavy atom. The van der Waals surface area contributed by atoms with Gasteiger partial charge in [-0.2, -0.15) is 5.10 Å². The Bertz CT molecular complexity index is 804. The summed E-state index contributed by atoms with van der Waals surface area (Å²) in [5.41, 5.74) is 0.680. The Kier molecular flexibility index (Phi) is 4.46. The first-order chi connectivity index (χ1) is 12.0. The van der Waals surface area contributed by atoms with Crippen LogP contribution in [0.1, 0.15) is 11.5 Å². The molecule has 0 aliphatic carbocycles. The molecule has 0 radical (unpaired) electrons. The predicted octanol–water partition coefficient (Wildman–Crippen LogP) is 1.12. The van der Waals surface area contributed by atoms with E-state index >= 15 is 0 Å². The Morgan fingerprint density at radius 3 is 2.60 bits per heavy atom. The lowest BCUT2D eigenvalue weighted by molar-refractivity contribution is -0.385. The molecule has 2 unspecified atom stereocenters. The lowest BCUT2D eigenvalue weighted by Gasteiger charge is -2.16. The fraction of sp³-hybridized carbons (Fsp3) is 0.312. The maximum Gasteiger partial charge on any atom is 0.308 e. The van der Waals surface area contributed by atoms with Gasteiger partial charge in [-0.05, 0) is 5.56 Å². The third kappa shape index (κ3) is 3.49. The van der Waals surface area contributed by atoms with E-state index in [1.807, 2.05) is 30.3 Å². The zero-order chi connectivity index (χ0) is 18.0. The Morgan fingerprint density at radius 2 is 2.00 bits per heavy atom. The summed E-state index contributed by atoms with van der Waals surface area (Å²) >= 11 is 0.